The lowest BCUT2D eigenvalue weighted by atomic mass is 10.3. The van der Waals surface area contributed by atoms with E-state index in [0.717, 1.165) is 22.4 Å². The Morgan fingerprint density at radius 3 is 3.00 bits per heavy atom. The first-order chi connectivity index (χ1) is 9.19. The summed E-state index contributed by atoms with van der Waals surface area (Å²) >= 11 is 4.66. The summed E-state index contributed by atoms with van der Waals surface area (Å²) in [6.07, 6.45) is 4.29. The Balaban J connectivity index is 2.06. The van der Waals surface area contributed by atoms with E-state index in [1.165, 1.54) is 11.3 Å². The van der Waals surface area contributed by atoms with Crippen molar-refractivity contribution in [3.63, 3.8) is 0 Å². The molecule has 0 saturated carbocycles. The quantitative estimate of drug-likeness (QED) is 0.875. The molecule has 0 fully saturated rings. The van der Waals surface area contributed by atoms with Crippen molar-refractivity contribution < 1.29 is 4.79 Å². The van der Waals surface area contributed by atoms with Crippen molar-refractivity contribution in [2.24, 2.45) is 0 Å². The molecule has 7 heteroatoms. The number of amides is 1. The van der Waals surface area contributed by atoms with Crippen LogP contribution in [0.5, 0.6) is 0 Å². The number of carbonyl (C=O) groups is 1. The number of aromatic nitrogens is 2. The number of nitrogens with one attached hydrogen (secondary N) is 2. The van der Waals surface area contributed by atoms with E-state index in [1.807, 2.05) is 6.07 Å². The van der Waals surface area contributed by atoms with Gasteiger partial charge in [0.15, 0.2) is 5.13 Å². The molecule has 1 amide bonds. The van der Waals surface area contributed by atoms with Crippen LogP contribution in [0.15, 0.2) is 28.3 Å². The van der Waals surface area contributed by atoms with E-state index < -0.39 is 0 Å². The van der Waals surface area contributed by atoms with Crippen LogP contribution >= 0.6 is 27.3 Å². The summed E-state index contributed by atoms with van der Waals surface area (Å²) in [5, 5.41) is 6.47. The first-order valence-corrected chi connectivity index (χ1v) is 7.42. The molecule has 2 rings (SSSR count). The van der Waals surface area contributed by atoms with Crippen LogP contribution in [0, 0.1) is 0 Å². The number of halogens is 1. The monoisotopic (exact) mass is 340 g/mol. The molecule has 0 radical (unpaired) electrons. The lowest BCUT2D eigenvalue weighted by molar-refractivity contribution is 0.102. The van der Waals surface area contributed by atoms with Crippen LogP contribution in [0.3, 0.4) is 0 Å². The highest BCUT2D eigenvalue weighted by molar-refractivity contribution is 9.11. The Hall–Kier alpha value is -1.47. The Morgan fingerprint density at radius 1 is 1.47 bits per heavy atom. The molecule has 19 heavy (non-hydrogen) atoms. The number of pyridine rings is 1. The van der Waals surface area contributed by atoms with Crippen molar-refractivity contribution >= 4 is 44.0 Å². The first-order valence-electron chi connectivity index (χ1n) is 5.81. The molecule has 0 saturated heterocycles. The third kappa shape index (κ3) is 4.00. The maximum absolute atomic E-state index is 12.0. The van der Waals surface area contributed by atoms with Crippen LogP contribution in [0.1, 0.15) is 23.8 Å². The molecule has 2 aromatic heterocycles. The average Bonchev–Trinajstić information content (AvgIpc) is 2.82. The Labute approximate surface area is 123 Å². The van der Waals surface area contributed by atoms with Gasteiger partial charge in [0.2, 0.25) is 0 Å². The maximum Gasteiger partial charge on any atom is 0.276 e. The minimum atomic E-state index is -0.262. The zero-order chi connectivity index (χ0) is 13.7. The van der Waals surface area contributed by atoms with Gasteiger partial charge in [-0.3, -0.25) is 15.1 Å². The fourth-order valence-corrected chi connectivity index (χ4v) is 2.51. The highest BCUT2D eigenvalue weighted by atomic mass is 79.9. The highest BCUT2D eigenvalue weighted by Gasteiger charge is 2.10. The maximum atomic E-state index is 12.0. The number of hydrogen-bond donors (Lipinski definition) is 2. The van der Waals surface area contributed by atoms with Crippen LogP contribution in [0.4, 0.5) is 10.8 Å². The molecule has 0 unspecified atom stereocenters. The van der Waals surface area contributed by atoms with Gasteiger partial charge in [0.25, 0.3) is 5.91 Å². The van der Waals surface area contributed by atoms with E-state index >= 15 is 0 Å². The molecular formula is C12H13BrN4OS. The SMILES string of the molecule is CCCNc1ccnc(C(=O)Nc2ncc(Br)s2)c1. The second-order valence-corrected chi connectivity index (χ2v) is 6.19. The summed E-state index contributed by atoms with van der Waals surface area (Å²) in [7, 11) is 0. The topological polar surface area (TPSA) is 66.9 Å². The predicted octanol–water partition coefficient (Wildman–Crippen LogP) is 3.37. The van der Waals surface area contributed by atoms with Crippen molar-refractivity contribution in [3.8, 4) is 0 Å². The lowest BCUT2D eigenvalue weighted by Gasteiger charge is -2.06. The molecule has 0 spiro atoms. The molecule has 5 nitrogen and oxygen atoms in total. The van der Waals surface area contributed by atoms with E-state index in [9.17, 15) is 4.79 Å². The Bertz CT molecular complexity index is 572. The summed E-state index contributed by atoms with van der Waals surface area (Å²) in [5.41, 5.74) is 1.26. The summed E-state index contributed by atoms with van der Waals surface area (Å²) in [6, 6.07) is 3.57. The van der Waals surface area contributed by atoms with Crippen LogP contribution in [-0.2, 0) is 0 Å². The van der Waals surface area contributed by atoms with Gasteiger partial charge in [0.05, 0.1) is 9.98 Å². The van der Waals surface area contributed by atoms with E-state index in [2.05, 4.69) is 43.5 Å². The van der Waals surface area contributed by atoms with Crippen molar-refractivity contribution in [1.82, 2.24) is 9.97 Å². The summed E-state index contributed by atoms with van der Waals surface area (Å²) in [6.45, 7) is 2.95. The molecule has 0 aromatic carbocycles. The van der Waals surface area contributed by atoms with Crippen LogP contribution in [0.2, 0.25) is 0 Å². The highest BCUT2D eigenvalue weighted by Crippen LogP contribution is 2.23. The Kier molecular flexibility index (Phi) is 4.86. The molecule has 0 bridgehead atoms. The molecule has 0 aliphatic heterocycles. The largest absolute Gasteiger partial charge is 0.385 e. The van der Waals surface area contributed by atoms with Crippen molar-refractivity contribution in [2.75, 3.05) is 17.2 Å². The van der Waals surface area contributed by atoms with Crippen molar-refractivity contribution in [3.05, 3.63) is 34.0 Å². The fourth-order valence-electron chi connectivity index (χ4n) is 1.41. The molecule has 2 heterocycles. The number of hydrogen-bond acceptors (Lipinski definition) is 5. The van der Waals surface area contributed by atoms with Gasteiger partial charge in [0.1, 0.15) is 5.69 Å². The molecular weight excluding hydrogens is 328 g/mol. The smallest absolute Gasteiger partial charge is 0.276 e. The number of rotatable bonds is 5. The molecule has 2 N–H and O–H groups in total. The zero-order valence-corrected chi connectivity index (χ0v) is 12.7. The van der Waals surface area contributed by atoms with Gasteiger partial charge in [-0.05, 0) is 34.5 Å². The molecule has 0 aliphatic carbocycles. The molecule has 2 aromatic rings. The molecule has 100 valence electrons. The van der Waals surface area contributed by atoms with Crippen LogP contribution < -0.4 is 10.6 Å². The normalized spacial score (nSPS) is 10.2. The summed E-state index contributed by atoms with van der Waals surface area (Å²) in [5.74, 6) is -0.262. The van der Waals surface area contributed by atoms with Gasteiger partial charge >= 0.3 is 0 Å². The van der Waals surface area contributed by atoms with Crippen LogP contribution in [0.25, 0.3) is 0 Å². The van der Waals surface area contributed by atoms with Gasteiger partial charge in [-0.2, -0.15) is 0 Å². The van der Waals surface area contributed by atoms with Crippen molar-refractivity contribution in [2.45, 2.75) is 13.3 Å². The van der Waals surface area contributed by atoms with Gasteiger partial charge in [0, 0.05) is 18.4 Å². The molecule has 0 aliphatic rings. The third-order valence-corrected chi connectivity index (χ3v) is 3.66. The summed E-state index contributed by atoms with van der Waals surface area (Å²) in [4.78, 5) is 20.1. The predicted molar refractivity (Wildman–Crippen MR) is 80.8 cm³/mol. The second-order valence-electron chi connectivity index (χ2n) is 3.78. The van der Waals surface area contributed by atoms with Crippen LogP contribution in [-0.4, -0.2) is 22.4 Å². The number of nitrogens with zero attached hydrogens (tertiary/aromatic N) is 2. The van der Waals surface area contributed by atoms with E-state index in [-0.39, 0.29) is 5.91 Å². The average molecular weight is 341 g/mol. The first kappa shape index (κ1) is 14.0. The standard InChI is InChI=1S/C12H13BrN4OS/c1-2-4-14-8-3-5-15-9(6-8)11(18)17-12-16-7-10(13)19-12/h3,5-7H,2,4H2,1H3,(H,14,15)(H,16,17,18). The number of thiazole rings is 1. The van der Waals surface area contributed by atoms with E-state index in [4.69, 9.17) is 0 Å². The molecule has 0 atom stereocenters. The van der Waals surface area contributed by atoms with Gasteiger partial charge < -0.3 is 5.32 Å². The van der Waals surface area contributed by atoms with E-state index in [1.54, 1.807) is 18.5 Å². The third-order valence-electron chi connectivity index (χ3n) is 2.27. The summed E-state index contributed by atoms with van der Waals surface area (Å²) < 4.78 is 0.870. The zero-order valence-electron chi connectivity index (χ0n) is 10.3. The Morgan fingerprint density at radius 2 is 2.32 bits per heavy atom. The van der Waals surface area contributed by atoms with Gasteiger partial charge in [-0.15, -0.1) is 0 Å². The minimum absolute atomic E-state index is 0.262. The second kappa shape index (κ2) is 6.63. The number of anilines is 2. The van der Waals surface area contributed by atoms with E-state index in [0.29, 0.717) is 10.8 Å². The lowest BCUT2D eigenvalue weighted by Crippen LogP contribution is -2.14. The van der Waals surface area contributed by atoms with Gasteiger partial charge in [-0.1, -0.05) is 18.3 Å². The van der Waals surface area contributed by atoms with Gasteiger partial charge in [-0.25, -0.2) is 4.98 Å². The minimum Gasteiger partial charge on any atom is -0.385 e. The fraction of sp³-hybridized carbons (Fsp3) is 0.250. The number of carbonyl (C=O) groups excluding carboxylic acids is 1. The van der Waals surface area contributed by atoms with Crippen molar-refractivity contribution in [1.29, 1.82) is 0 Å².